The maximum atomic E-state index is 12.9. The molecule has 1 nitrogen and oxygen atoms in total. The molecule has 18 heavy (non-hydrogen) atoms. The molecule has 1 unspecified atom stereocenters. The average molecular weight is 259 g/mol. The SMILES string of the molecule is CCCNC(c1ccc(CCC)cc1)C(F)(F)F. The van der Waals surface area contributed by atoms with Gasteiger partial charge in [-0.3, -0.25) is 0 Å². The van der Waals surface area contributed by atoms with E-state index in [9.17, 15) is 13.2 Å². The molecule has 1 aromatic carbocycles. The summed E-state index contributed by atoms with van der Waals surface area (Å²) in [5, 5.41) is 2.55. The molecule has 0 amide bonds. The van der Waals surface area contributed by atoms with E-state index in [4.69, 9.17) is 0 Å². The lowest BCUT2D eigenvalue weighted by molar-refractivity contribution is -0.157. The molecule has 0 saturated carbocycles. The van der Waals surface area contributed by atoms with Crippen LogP contribution in [0.5, 0.6) is 0 Å². The molecule has 0 fully saturated rings. The molecule has 0 bridgehead atoms. The lowest BCUT2D eigenvalue weighted by Gasteiger charge is -2.22. The van der Waals surface area contributed by atoms with E-state index >= 15 is 0 Å². The minimum absolute atomic E-state index is 0.288. The van der Waals surface area contributed by atoms with Gasteiger partial charge in [0.1, 0.15) is 6.04 Å². The van der Waals surface area contributed by atoms with Crippen LogP contribution in [0, 0.1) is 0 Å². The zero-order valence-corrected chi connectivity index (χ0v) is 10.8. The first-order chi connectivity index (χ1) is 8.49. The third kappa shape index (κ3) is 4.33. The van der Waals surface area contributed by atoms with E-state index in [1.54, 1.807) is 24.3 Å². The second-order valence-corrected chi connectivity index (χ2v) is 4.42. The van der Waals surface area contributed by atoms with Crippen LogP contribution in [0.3, 0.4) is 0 Å². The molecule has 0 radical (unpaired) electrons. The fraction of sp³-hybridized carbons (Fsp3) is 0.571. The molecule has 1 atom stereocenters. The first-order valence-electron chi connectivity index (χ1n) is 6.38. The van der Waals surface area contributed by atoms with Crippen LogP contribution in [-0.4, -0.2) is 12.7 Å². The molecular formula is C14H20F3N. The predicted octanol–water partition coefficient (Wildman–Crippen LogP) is 4.24. The van der Waals surface area contributed by atoms with Crippen molar-refractivity contribution in [3.63, 3.8) is 0 Å². The molecular weight excluding hydrogens is 239 g/mol. The van der Waals surface area contributed by atoms with Gasteiger partial charge in [0.2, 0.25) is 0 Å². The van der Waals surface area contributed by atoms with Crippen LogP contribution in [-0.2, 0) is 6.42 Å². The van der Waals surface area contributed by atoms with Gasteiger partial charge in [-0.15, -0.1) is 0 Å². The van der Waals surface area contributed by atoms with Crippen molar-refractivity contribution in [2.45, 2.75) is 45.3 Å². The number of hydrogen-bond acceptors (Lipinski definition) is 1. The van der Waals surface area contributed by atoms with Crippen LogP contribution in [0.2, 0.25) is 0 Å². The minimum Gasteiger partial charge on any atom is -0.302 e. The largest absolute Gasteiger partial charge is 0.407 e. The Kier molecular flexibility index (Phi) is 5.66. The van der Waals surface area contributed by atoms with E-state index in [0.29, 0.717) is 13.0 Å². The molecule has 0 saturated heterocycles. The fourth-order valence-corrected chi connectivity index (χ4v) is 1.88. The second kappa shape index (κ2) is 6.78. The van der Waals surface area contributed by atoms with E-state index < -0.39 is 12.2 Å². The molecule has 4 heteroatoms. The van der Waals surface area contributed by atoms with Crippen molar-refractivity contribution >= 4 is 0 Å². The molecule has 0 aliphatic carbocycles. The quantitative estimate of drug-likeness (QED) is 0.805. The van der Waals surface area contributed by atoms with Gasteiger partial charge in [-0.25, -0.2) is 0 Å². The lowest BCUT2D eigenvalue weighted by atomic mass is 10.0. The Balaban J connectivity index is 2.84. The summed E-state index contributed by atoms with van der Waals surface area (Å²) in [6, 6.07) is 5.15. The van der Waals surface area contributed by atoms with Gasteiger partial charge in [-0.05, 0) is 30.5 Å². The summed E-state index contributed by atoms with van der Waals surface area (Å²) >= 11 is 0. The number of benzene rings is 1. The van der Waals surface area contributed by atoms with E-state index in [2.05, 4.69) is 12.2 Å². The maximum absolute atomic E-state index is 12.9. The van der Waals surface area contributed by atoms with Gasteiger partial charge in [-0.2, -0.15) is 13.2 Å². The van der Waals surface area contributed by atoms with Crippen LogP contribution in [0.1, 0.15) is 43.9 Å². The van der Waals surface area contributed by atoms with Crippen LogP contribution < -0.4 is 5.32 Å². The molecule has 0 spiro atoms. The van der Waals surface area contributed by atoms with Gasteiger partial charge < -0.3 is 5.32 Å². The summed E-state index contributed by atoms with van der Waals surface area (Å²) in [5.74, 6) is 0. The number of hydrogen-bond donors (Lipinski definition) is 1. The monoisotopic (exact) mass is 259 g/mol. The Bertz CT molecular complexity index is 343. The van der Waals surface area contributed by atoms with Gasteiger partial charge in [0.15, 0.2) is 0 Å². The first-order valence-corrected chi connectivity index (χ1v) is 6.38. The molecule has 0 aliphatic heterocycles. The van der Waals surface area contributed by atoms with Gasteiger partial charge in [-0.1, -0.05) is 44.5 Å². The van der Waals surface area contributed by atoms with Gasteiger partial charge in [0, 0.05) is 0 Å². The molecule has 1 N–H and O–H groups in total. The Morgan fingerprint density at radius 3 is 2.11 bits per heavy atom. The average Bonchev–Trinajstić information content (AvgIpc) is 2.30. The summed E-state index contributed by atoms with van der Waals surface area (Å²) in [4.78, 5) is 0. The van der Waals surface area contributed by atoms with Crippen molar-refractivity contribution in [3.8, 4) is 0 Å². The van der Waals surface area contributed by atoms with Crippen molar-refractivity contribution < 1.29 is 13.2 Å². The highest BCUT2D eigenvalue weighted by Crippen LogP contribution is 2.32. The summed E-state index contributed by atoms with van der Waals surface area (Å²) in [5.41, 5.74) is 1.37. The Morgan fingerprint density at radius 1 is 1.06 bits per heavy atom. The van der Waals surface area contributed by atoms with Crippen molar-refractivity contribution in [3.05, 3.63) is 35.4 Å². The Hall–Kier alpha value is -1.03. The fourth-order valence-electron chi connectivity index (χ4n) is 1.88. The smallest absolute Gasteiger partial charge is 0.302 e. The van der Waals surface area contributed by atoms with Crippen LogP contribution >= 0.6 is 0 Å². The molecule has 102 valence electrons. The highest BCUT2D eigenvalue weighted by molar-refractivity contribution is 5.26. The highest BCUT2D eigenvalue weighted by atomic mass is 19.4. The van der Waals surface area contributed by atoms with Crippen LogP contribution in [0.25, 0.3) is 0 Å². The third-order valence-electron chi connectivity index (χ3n) is 2.78. The summed E-state index contributed by atoms with van der Waals surface area (Å²) < 4.78 is 38.7. The van der Waals surface area contributed by atoms with Crippen molar-refractivity contribution in [2.75, 3.05) is 6.54 Å². The lowest BCUT2D eigenvalue weighted by Crippen LogP contribution is -2.34. The third-order valence-corrected chi connectivity index (χ3v) is 2.78. The Labute approximate surface area is 106 Å². The van der Waals surface area contributed by atoms with Crippen LogP contribution in [0.4, 0.5) is 13.2 Å². The van der Waals surface area contributed by atoms with Crippen molar-refractivity contribution in [2.24, 2.45) is 0 Å². The number of alkyl halides is 3. The summed E-state index contributed by atoms with van der Waals surface area (Å²) in [7, 11) is 0. The maximum Gasteiger partial charge on any atom is 0.407 e. The van der Waals surface area contributed by atoms with Crippen molar-refractivity contribution in [1.29, 1.82) is 0 Å². The number of halogens is 3. The molecule has 0 aromatic heterocycles. The zero-order chi connectivity index (χ0) is 13.6. The standard InChI is InChI=1S/C14H20F3N/c1-3-5-11-6-8-12(9-7-11)13(14(15,16)17)18-10-4-2/h6-9,13,18H,3-5,10H2,1-2H3. The van der Waals surface area contributed by atoms with Crippen LogP contribution in [0.15, 0.2) is 24.3 Å². The molecule has 1 aromatic rings. The molecule has 0 heterocycles. The van der Waals surface area contributed by atoms with E-state index in [1.807, 2.05) is 6.92 Å². The zero-order valence-electron chi connectivity index (χ0n) is 10.8. The molecule has 1 rings (SSSR count). The first kappa shape index (κ1) is 15.0. The topological polar surface area (TPSA) is 12.0 Å². The van der Waals surface area contributed by atoms with Gasteiger partial charge >= 0.3 is 6.18 Å². The minimum atomic E-state index is -4.25. The summed E-state index contributed by atoms with van der Waals surface area (Å²) in [6.45, 7) is 4.26. The summed E-state index contributed by atoms with van der Waals surface area (Å²) in [6.07, 6.45) is -1.67. The number of aryl methyl sites for hydroxylation is 1. The number of nitrogens with one attached hydrogen (secondary N) is 1. The van der Waals surface area contributed by atoms with E-state index in [0.717, 1.165) is 18.4 Å². The van der Waals surface area contributed by atoms with Crippen molar-refractivity contribution in [1.82, 2.24) is 5.32 Å². The van der Waals surface area contributed by atoms with E-state index in [1.165, 1.54) is 0 Å². The highest BCUT2D eigenvalue weighted by Gasteiger charge is 2.40. The van der Waals surface area contributed by atoms with Gasteiger partial charge in [0.25, 0.3) is 0 Å². The van der Waals surface area contributed by atoms with E-state index in [-0.39, 0.29) is 5.56 Å². The second-order valence-electron chi connectivity index (χ2n) is 4.42. The Morgan fingerprint density at radius 2 is 1.67 bits per heavy atom. The molecule has 0 aliphatic rings. The van der Waals surface area contributed by atoms with Gasteiger partial charge in [0.05, 0.1) is 0 Å². The normalized spacial score (nSPS) is 13.6. The predicted molar refractivity (Wildman–Crippen MR) is 67.5 cm³/mol. The number of rotatable bonds is 6.